The summed E-state index contributed by atoms with van der Waals surface area (Å²) in [6.07, 6.45) is 7.12. The van der Waals surface area contributed by atoms with Crippen LogP contribution in [-0.4, -0.2) is 66.4 Å². The number of halogens is 1. The zero-order chi connectivity index (χ0) is 30.0. The molecule has 2 aliphatic heterocycles. The number of amides is 1. The molecule has 1 amide bonds. The van der Waals surface area contributed by atoms with Crippen LogP contribution in [0.25, 0.3) is 0 Å². The van der Waals surface area contributed by atoms with Crippen molar-refractivity contribution < 1.29 is 24.5 Å². The topological polar surface area (TPSA) is 90.3 Å². The van der Waals surface area contributed by atoms with Gasteiger partial charge in [-0.1, -0.05) is 56.2 Å². The van der Waals surface area contributed by atoms with Gasteiger partial charge in [0, 0.05) is 44.0 Å². The summed E-state index contributed by atoms with van der Waals surface area (Å²) in [6, 6.07) is 11.7. The molecular formula is C34H43ClN2O5. The lowest BCUT2D eigenvalue weighted by atomic mass is 9.70. The summed E-state index contributed by atoms with van der Waals surface area (Å²) in [5.74, 6) is -0.923. The molecule has 6 atom stereocenters. The fourth-order valence-electron chi connectivity index (χ4n) is 6.82. The number of carboxylic acid groups (broad SMARTS) is 1. The first kappa shape index (κ1) is 30.4. The average molecular weight is 595 g/mol. The Bertz CT molecular complexity index is 1330. The quantitative estimate of drug-likeness (QED) is 0.429. The Labute approximate surface area is 254 Å². The van der Waals surface area contributed by atoms with Crippen LogP contribution in [0.5, 0.6) is 5.75 Å². The van der Waals surface area contributed by atoms with Gasteiger partial charge in [0.1, 0.15) is 5.75 Å². The Morgan fingerprint density at radius 1 is 1.10 bits per heavy atom. The van der Waals surface area contributed by atoms with Crippen LogP contribution in [0.1, 0.15) is 68.1 Å². The minimum absolute atomic E-state index is 0.0365. The third kappa shape index (κ3) is 6.63. The minimum atomic E-state index is -1.02. The standard InChI is InChI=1S/C34H43ClN2O5/c1-4-5-22-14-26(35)9-11-27(22)25-19-37-18-24-7-10-28(24)31(38)12-6-21(2)17-36(3)33(39)16-29(34(40)41)23-8-13-32(42-20-25)30(37)15-23/h6,8-9,11-15,21,24-25,28-29,31,38H,4-5,7,10,16-20H2,1-3H3,(H,40,41)/b12-6-. The number of anilines is 1. The van der Waals surface area contributed by atoms with E-state index in [1.165, 1.54) is 11.1 Å². The first-order valence-electron chi connectivity index (χ1n) is 15.3. The van der Waals surface area contributed by atoms with E-state index in [1.54, 1.807) is 18.0 Å². The lowest BCUT2D eigenvalue weighted by Crippen LogP contribution is -2.44. The summed E-state index contributed by atoms with van der Waals surface area (Å²) in [6.45, 7) is 6.55. The number of aliphatic hydroxyl groups is 1. The average Bonchev–Trinajstić information content (AvgIpc) is 3.11. The van der Waals surface area contributed by atoms with E-state index >= 15 is 0 Å². The van der Waals surface area contributed by atoms with Crippen LogP contribution in [0.15, 0.2) is 48.6 Å². The number of aliphatic carboxylic acids is 1. The number of carbonyl (C=O) groups is 2. The van der Waals surface area contributed by atoms with Gasteiger partial charge in [0.25, 0.3) is 0 Å². The second-order valence-corrected chi connectivity index (χ2v) is 12.9. The molecule has 1 saturated carbocycles. The highest BCUT2D eigenvalue weighted by Gasteiger charge is 2.38. The number of benzene rings is 2. The number of nitrogens with zero attached hydrogens (tertiary/aromatic N) is 2. The summed E-state index contributed by atoms with van der Waals surface area (Å²) in [5.41, 5.74) is 3.90. The van der Waals surface area contributed by atoms with Gasteiger partial charge in [-0.05, 0) is 78.0 Å². The van der Waals surface area contributed by atoms with Gasteiger partial charge in [0.2, 0.25) is 5.91 Å². The summed E-state index contributed by atoms with van der Waals surface area (Å²) >= 11 is 6.39. The minimum Gasteiger partial charge on any atom is -0.491 e. The number of hydrogen-bond acceptors (Lipinski definition) is 5. The van der Waals surface area contributed by atoms with E-state index in [4.69, 9.17) is 16.3 Å². The van der Waals surface area contributed by atoms with Crippen molar-refractivity contribution in [1.82, 2.24) is 4.90 Å². The summed E-state index contributed by atoms with van der Waals surface area (Å²) < 4.78 is 6.43. The summed E-state index contributed by atoms with van der Waals surface area (Å²) in [7, 11) is 1.71. The van der Waals surface area contributed by atoms with Crippen molar-refractivity contribution in [3.05, 3.63) is 70.3 Å². The smallest absolute Gasteiger partial charge is 0.311 e. The van der Waals surface area contributed by atoms with Crippen LogP contribution in [-0.2, 0) is 16.0 Å². The van der Waals surface area contributed by atoms with Crippen LogP contribution in [0, 0.1) is 17.8 Å². The zero-order valence-corrected chi connectivity index (χ0v) is 25.6. The molecule has 2 bridgehead atoms. The SMILES string of the molecule is CCCc1cc(Cl)ccc1C1COc2ccc3cc2N(C1)CC1CCC1C(O)/C=C\C(C)CN(C)C(=O)CC3C(=O)O. The van der Waals surface area contributed by atoms with Crippen molar-refractivity contribution in [2.24, 2.45) is 17.8 Å². The molecule has 1 fully saturated rings. The molecule has 1 aliphatic carbocycles. The fraction of sp³-hybridized carbons (Fsp3) is 0.529. The van der Waals surface area contributed by atoms with Crippen LogP contribution >= 0.6 is 11.6 Å². The third-order valence-electron chi connectivity index (χ3n) is 9.34. The molecule has 2 N–H and O–H groups in total. The van der Waals surface area contributed by atoms with Gasteiger partial charge in [-0.2, -0.15) is 0 Å². The Morgan fingerprint density at radius 3 is 2.62 bits per heavy atom. The van der Waals surface area contributed by atoms with E-state index in [2.05, 4.69) is 24.0 Å². The molecule has 42 heavy (non-hydrogen) atoms. The largest absolute Gasteiger partial charge is 0.491 e. The van der Waals surface area contributed by atoms with E-state index < -0.39 is 18.0 Å². The van der Waals surface area contributed by atoms with Crippen molar-refractivity contribution in [3.8, 4) is 5.75 Å². The van der Waals surface area contributed by atoms with E-state index in [0.29, 0.717) is 36.9 Å². The van der Waals surface area contributed by atoms with E-state index in [0.717, 1.165) is 42.9 Å². The second-order valence-electron chi connectivity index (χ2n) is 12.5. The van der Waals surface area contributed by atoms with Gasteiger partial charge in [0.15, 0.2) is 0 Å². The molecule has 0 aromatic heterocycles. The second kappa shape index (κ2) is 13.1. The Hall–Kier alpha value is -3.03. The number of rotatable bonds is 4. The number of carbonyl (C=O) groups excluding carboxylic acids is 1. The van der Waals surface area contributed by atoms with E-state index in [9.17, 15) is 19.8 Å². The van der Waals surface area contributed by atoms with Gasteiger partial charge < -0.3 is 24.7 Å². The molecule has 7 nitrogen and oxygen atoms in total. The van der Waals surface area contributed by atoms with Gasteiger partial charge in [-0.25, -0.2) is 0 Å². The highest BCUT2D eigenvalue weighted by atomic mass is 35.5. The number of fused-ring (bicyclic) bond motifs is 2. The molecule has 2 aromatic rings. The number of aliphatic hydroxyl groups excluding tert-OH is 1. The molecule has 2 heterocycles. The van der Waals surface area contributed by atoms with Crippen molar-refractivity contribution in [2.75, 3.05) is 38.2 Å². The summed E-state index contributed by atoms with van der Waals surface area (Å²) in [4.78, 5) is 29.5. The number of ether oxygens (including phenoxy) is 1. The molecule has 3 aliphatic rings. The maximum absolute atomic E-state index is 13.1. The summed E-state index contributed by atoms with van der Waals surface area (Å²) in [5, 5.41) is 22.1. The van der Waals surface area contributed by atoms with E-state index in [1.807, 2.05) is 37.3 Å². The lowest BCUT2D eigenvalue weighted by Gasteiger charge is -2.43. The Morgan fingerprint density at radius 2 is 1.90 bits per heavy atom. The molecule has 8 heteroatoms. The normalized spacial score (nSPS) is 29.1. The van der Waals surface area contributed by atoms with Crippen molar-refractivity contribution in [1.29, 1.82) is 0 Å². The van der Waals surface area contributed by atoms with Crippen LogP contribution < -0.4 is 9.64 Å². The highest BCUT2D eigenvalue weighted by Crippen LogP contribution is 2.43. The maximum atomic E-state index is 13.1. The third-order valence-corrected chi connectivity index (χ3v) is 9.58. The Balaban J connectivity index is 1.56. The predicted octanol–water partition coefficient (Wildman–Crippen LogP) is 5.88. The number of carboxylic acids is 1. The predicted molar refractivity (Wildman–Crippen MR) is 165 cm³/mol. The highest BCUT2D eigenvalue weighted by molar-refractivity contribution is 6.30. The first-order chi connectivity index (χ1) is 20.1. The number of hydrogen-bond donors (Lipinski definition) is 2. The number of aryl methyl sites for hydroxylation is 1. The zero-order valence-electron chi connectivity index (χ0n) is 24.8. The van der Waals surface area contributed by atoms with Gasteiger partial charge in [-0.15, -0.1) is 0 Å². The van der Waals surface area contributed by atoms with Crippen LogP contribution in [0.4, 0.5) is 5.69 Å². The molecule has 226 valence electrons. The van der Waals surface area contributed by atoms with Gasteiger partial charge in [-0.3, -0.25) is 9.59 Å². The molecule has 5 rings (SSSR count). The van der Waals surface area contributed by atoms with Gasteiger partial charge in [0.05, 0.1) is 24.3 Å². The Kier molecular flexibility index (Phi) is 9.48. The van der Waals surface area contributed by atoms with Crippen LogP contribution in [0.2, 0.25) is 5.02 Å². The van der Waals surface area contributed by atoms with Crippen LogP contribution in [0.3, 0.4) is 0 Å². The molecule has 0 radical (unpaired) electrons. The molecular weight excluding hydrogens is 552 g/mol. The van der Waals surface area contributed by atoms with E-state index in [-0.39, 0.29) is 30.1 Å². The molecule has 6 unspecified atom stereocenters. The lowest BCUT2D eigenvalue weighted by molar-refractivity contribution is -0.142. The molecule has 2 aromatic carbocycles. The van der Waals surface area contributed by atoms with Crippen molar-refractivity contribution in [3.63, 3.8) is 0 Å². The van der Waals surface area contributed by atoms with Crippen molar-refractivity contribution >= 4 is 29.2 Å². The molecule has 0 spiro atoms. The van der Waals surface area contributed by atoms with Gasteiger partial charge >= 0.3 is 5.97 Å². The monoisotopic (exact) mass is 594 g/mol. The molecule has 0 saturated heterocycles. The first-order valence-corrected chi connectivity index (χ1v) is 15.7. The fourth-order valence-corrected chi connectivity index (χ4v) is 7.02. The van der Waals surface area contributed by atoms with Crippen molar-refractivity contribution in [2.45, 2.75) is 63.9 Å². The maximum Gasteiger partial charge on any atom is 0.311 e.